The Hall–Kier alpha value is -2.91. The molecule has 0 spiro atoms. The predicted octanol–water partition coefficient (Wildman–Crippen LogP) is 2.05. The van der Waals surface area contributed by atoms with E-state index in [-0.39, 0.29) is 17.2 Å². The number of hydrogen-bond acceptors (Lipinski definition) is 6. The van der Waals surface area contributed by atoms with Crippen molar-refractivity contribution in [3.63, 3.8) is 0 Å². The molecule has 0 saturated heterocycles. The molecule has 0 saturated carbocycles. The Kier molecular flexibility index (Phi) is 6.35. The van der Waals surface area contributed by atoms with Crippen molar-refractivity contribution in [2.45, 2.75) is 37.7 Å². The van der Waals surface area contributed by atoms with Gasteiger partial charge in [0.1, 0.15) is 12.4 Å². The van der Waals surface area contributed by atoms with E-state index in [0.29, 0.717) is 14.3 Å². The second kappa shape index (κ2) is 8.55. The van der Waals surface area contributed by atoms with E-state index >= 15 is 0 Å². The Labute approximate surface area is 178 Å². The number of nitrogens with zero attached hydrogens (tertiary/aromatic N) is 5. The number of benzene rings is 1. The molecule has 0 fully saturated rings. The van der Waals surface area contributed by atoms with Crippen LogP contribution in [-0.2, 0) is 13.1 Å². The minimum absolute atomic E-state index is 0.186. The van der Waals surface area contributed by atoms with Gasteiger partial charge in [0.05, 0.1) is 6.54 Å². The molecule has 0 aliphatic rings. The third-order valence-corrected chi connectivity index (χ3v) is 4.41. The van der Waals surface area contributed by atoms with E-state index < -0.39 is 49.2 Å². The predicted molar refractivity (Wildman–Crippen MR) is 95.5 cm³/mol. The standard InChI is InChI=1S/C16H13ClF6N6O3/c17-8-3-1-7(2-4-8)13-27-29(14(32)28(13)5-9(30)15(18,19)20)6-10-24-12(26-25-10)11(31)16(21,22)23/h1-4,9,11,30-31H,5-6H2,(H,24,25,26). The van der Waals surface area contributed by atoms with E-state index in [1.165, 1.54) is 24.3 Å². The molecule has 2 aromatic heterocycles. The first kappa shape index (κ1) is 23.7. The van der Waals surface area contributed by atoms with Crippen molar-refractivity contribution in [1.29, 1.82) is 0 Å². The molecule has 2 unspecified atom stereocenters. The summed E-state index contributed by atoms with van der Waals surface area (Å²) in [6, 6.07) is 5.53. The van der Waals surface area contributed by atoms with E-state index in [2.05, 4.69) is 20.3 Å². The highest BCUT2D eigenvalue weighted by molar-refractivity contribution is 6.30. The van der Waals surface area contributed by atoms with Crippen LogP contribution in [0.15, 0.2) is 29.1 Å². The van der Waals surface area contributed by atoms with Crippen LogP contribution in [0.25, 0.3) is 11.4 Å². The summed E-state index contributed by atoms with van der Waals surface area (Å²) in [6.07, 6.45) is -15.9. The average molecular weight is 487 g/mol. The van der Waals surface area contributed by atoms with Gasteiger partial charge in [0, 0.05) is 10.6 Å². The van der Waals surface area contributed by atoms with Gasteiger partial charge in [-0.25, -0.2) is 14.5 Å². The lowest BCUT2D eigenvalue weighted by Gasteiger charge is -2.15. The molecule has 3 rings (SSSR count). The van der Waals surface area contributed by atoms with Crippen LogP contribution < -0.4 is 5.69 Å². The monoisotopic (exact) mass is 486 g/mol. The Balaban J connectivity index is 1.99. The number of rotatable bonds is 6. The van der Waals surface area contributed by atoms with Crippen LogP contribution in [-0.4, -0.2) is 58.2 Å². The third kappa shape index (κ3) is 5.11. The molecule has 2 atom stereocenters. The highest BCUT2D eigenvalue weighted by Gasteiger charge is 2.42. The molecule has 2 heterocycles. The smallest absolute Gasteiger partial charge is 0.382 e. The van der Waals surface area contributed by atoms with Crippen molar-refractivity contribution >= 4 is 11.6 Å². The van der Waals surface area contributed by atoms with Gasteiger partial charge < -0.3 is 10.2 Å². The maximum Gasteiger partial charge on any atom is 0.421 e. The largest absolute Gasteiger partial charge is 0.421 e. The molecule has 16 heteroatoms. The zero-order valence-corrected chi connectivity index (χ0v) is 16.3. The van der Waals surface area contributed by atoms with Gasteiger partial charge in [0.25, 0.3) is 0 Å². The number of hydrogen-bond donors (Lipinski definition) is 3. The van der Waals surface area contributed by atoms with Crippen LogP contribution in [0.5, 0.6) is 0 Å². The fourth-order valence-corrected chi connectivity index (χ4v) is 2.71. The molecule has 174 valence electrons. The highest BCUT2D eigenvalue weighted by Crippen LogP contribution is 2.30. The number of aromatic nitrogens is 6. The summed E-state index contributed by atoms with van der Waals surface area (Å²) in [5, 5.41) is 28.1. The van der Waals surface area contributed by atoms with Crippen LogP contribution in [0.4, 0.5) is 26.3 Å². The summed E-state index contributed by atoms with van der Waals surface area (Å²) >= 11 is 5.78. The molecule has 0 radical (unpaired) electrons. The van der Waals surface area contributed by atoms with Crippen molar-refractivity contribution in [1.82, 2.24) is 29.5 Å². The number of aliphatic hydroxyl groups is 2. The fourth-order valence-electron chi connectivity index (χ4n) is 2.59. The number of aliphatic hydroxyl groups excluding tert-OH is 2. The zero-order valence-electron chi connectivity index (χ0n) is 15.6. The second-order valence-electron chi connectivity index (χ2n) is 6.52. The van der Waals surface area contributed by atoms with E-state index in [9.17, 15) is 41.4 Å². The van der Waals surface area contributed by atoms with Gasteiger partial charge in [-0.2, -0.15) is 31.4 Å². The second-order valence-corrected chi connectivity index (χ2v) is 6.96. The number of alkyl halides is 6. The van der Waals surface area contributed by atoms with Gasteiger partial charge >= 0.3 is 18.0 Å². The van der Waals surface area contributed by atoms with Gasteiger partial charge in [-0.1, -0.05) is 11.6 Å². The van der Waals surface area contributed by atoms with Gasteiger partial charge in [0.2, 0.25) is 6.10 Å². The lowest BCUT2D eigenvalue weighted by atomic mass is 10.2. The van der Waals surface area contributed by atoms with E-state index in [4.69, 9.17) is 11.6 Å². The van der Waals surface area contributed by atoms with Crippen LogP contribution in [0.1, 0.15) is 17.8 Å². The van der Waals surface area contributed by atoms with Crippen LogP contribution in [0, 0.1) is 0 Å². The molecule has 9 nitrogen and oxygen atoms in total. The van der Waals surface area contributed by atoms with E-state index in [1.807, 2.05) is 0 Å². The first-order valence-electron chi connectivity index (χ1n) is 8.61. The van der Waals surface area contributed by atoms with Gasteiger partial charge in [0.15, 0.2) is 17.8 Å². The van der Waals surface area contributed by atoms with E-state index in [0.717, 1.165) is 0 Å². The fraction of sp³-hybridized carbons (Fsp3) is 0.375. The summed E-state index contributed by atoms with van der Waals surface area (Å²) in [5.74, 6) is -1.59. The molecular weight excluding hydrogens is 474 g/mol. The molecule has 32 heavy (non-hydrogen) atoms. The molecular formula is C16H13ClF6N6O3. The Bertz CT molecular complexity index is 1140. The maximum atomic E-state index is 12.8. The number of aromatic amines is 1. The molecule has 3 N–H and O–H groups in total. The lowest BCUT2D eigenvalue weighted by Crippen LogP contribution is -2.37. The van der Waals surface area contributed by atoms with Crippen LogP contribution >= 0.6 is 11.6 Å². The molecule has 3 aromatic rings. The highest BCUT2D eigenvalue weighted by atomic mass is 35.5. The third-order valence-electron chi connectivity index (χ3n) is 4.16. The van der Waals surface area contributed by atoms with Crippen LogP contribution in [0.3, 0.4) is 0 Å². The lowest BCUT2D eigenvalue weighted by molar-refractivity contribution is -0.209. The van der Waals surface area contributed by atoms with Crippen LogP contribution in [0.2, 0.25) is 5.02 Å². The van der Waals surface area contributed by atoms with Crippen molar-refractivity contribution in [2.24, 2.45) is 0 Å². The minimum Gasteiger partial charge on any atom is -0.382 e. The zero-order chi connectivity index (χ0) is 23.8. The Morgan fingerprint density at radius 3 is 2.25 bits per heavy atom. The summed E-state index contributed by atoms with van der Waals surface area (Å²) in [4.78, 5) is 16.1. The van der Waals surface area contributed by atoms with Crippen molar-refractivity contribution < 1.29 is 36.6 Å². The Morgan fingerprint density at radius 2 is 1.69 bits per heavy atom. The summed E-state index contributed by atoms with van der Waals surface area (Å²) < 4.78 is 77.4. The minimum atomic E-state index is -5.03. The molecule has 0 aliphatic carbocycles. The average Bonchev–Trinajstić information content (AvgIpc) is 3.27. The molecule has 0 aliphatic heterocycles. The van der Waals surface area contributed by atoms with Gasteiger partial charge in [-0.05, 0) is 24.3 Å². The van der Waals surface area contributed by atoms with Crippen molar-refractivity contribution in [3.05, 3.63) is 51.4 Å². The van der Waals surface area contributed by atoms with E-state index in [1.54, 1.807) is 0 Å². The van der Waals surface area contributed by atoms with Gasteiger partial charge in [-0.15, -0.1) is 5.10 Å². The van der Waals surface area contributed by atoms with Crippen molar-refractivity contribution in [3.8, 4) is 11.4 Å². The summed E-state index contributed by atoms with van der Waals surface area (Å²) in [5.41, 5.74) is -0.919. The summed E-state index contributed by atoms with van der Waals surface area (Å²) in [7, 11) is 0. The Morgan fingerprint density at radius 1 is 1.06 bits per heavy atom. The SMILES string of the molecule is O=c1n(Cc2nc(C(O)C(F)(F)F)n[nH]2)nc(-c2ccc(Cl)cc2)n1CC(O)C(F)(F)F. The normalized spacial score (nSPS) is 14.5. The molecule has 0 bridgehead atoms. The first-order valence-corrected chi connectivity index (χ1v) is 8.99. The molecule has 0 amide bonds. The number of H-pyrrole nitrogens is 1. The van der Waals surface area contributed by atoms with Gasteiger partial charge in [-0.3, -0.25) is 9.67 Å². The maximum absolute atomic E-state index is 12.8. The first-order chi connectivity index (χ1) is 14.8. The summed E-state index contributed by atoms with van der Waals surface area (Å²) in [6.45, 7) is -1.79. The number of nitrogens with one attached hydrogen (secondary N) is 1. The topological polar surface area (TPSA) is 122 Å². The molecule has 1 aromatic carbocycles. The van der Waals surface area contributed by atoms with Crippen molar-refractivity contribution in [2.75, 3.05) is 0 Å². The quantitative estimate of drug-likeness (QED) is 0.459. The number of halogens is 7.